The number of nitrogens with one attached hydrogen (secondary N) is 1. The van der Waals surface area contributed by atoms with E-state index in [4.69, 9.17) is 4.74 Å². The molecule has 7 nitrogen and oxygen atoms in total. The lowest BCUT2D eigenvalue weighted by molar-refractivity contribution is -0.385. The summed E-state index contributed by atoms with van der Waals surface area (Å²) in [5, 5.41) is 13.4. The molecule has 2 aromatic carbocycles. The van der Waals surface area contributed by atoms with Gasteiger partial charge in [-0.05, 0) is 36.4 Å². The molecule has 0 aliphatic carbocycles. The first kappa shape index (κ1) is 18.0. The summed E-state index contributed by atoms with van der Waals surface area (Å²) in [7, 11) is 1.34. The minimum absolute atomic E-state index is 0.136. The molecule has 1 N–H and O–H groups in total. The number of halogens is 3. The first-order valence-electron chi connectivity index (χ1n) is 6.69. The Labute approximate surface area is 139 Å². The van der Waals surface area contributed by atoms with E-state index < -0.39 is 28.6 Å². The molecule has 0 fully saturated rings. The highest BCUT2D eigenvalue weighted by molar-refractivity contribution is 6.07. The molecule has 2 aromatic rings. The van der Waals surface area contributed by atoms with Crippen molar-refractivity contribution in [1.82, 2.24) is 0 Å². The van der Waals surface area contributed by atoms with Gasteiger partial charge in [-0.1, -0.05) is 0 Å². The van der Waals surface area contributed by atoms with E-state index in [9.17, 15) is 28.1 Å². The van der Waals surface area contributed by atoms with Gasteiger partial charge in [-0.2, -0.15) is 0 Å². The monoisotopic (exact) mass is 356 g/mol. The van der Waals surface area contributed by atoms with Gasteiger partial charge in [-0.15, -0.1) is 13.2 Å². The molecule has 10 heteroatoms. The average molecular weight is 356 g/mol. The molecule has 0 spiro atoms. The number of ether oxygens (including phenoxy) is 2. The lowest BCUT2D eigenvalue weighted by Crippen LogP contribution is -2.17. The fourth-order valence-electron chi connectivity index (χ4n) is 1.92. The van der Waals surface area contributed by atoms with Crippen molar-refractivity contribution in [3.8, 4) is 11.5 Å². The number of anilines is 1. The van der Waals surface area contributed by atoms with Crippen molar-refractivity contribution in [1.29, 1.82) is 0 Å². The summed E-state index contributed by atoms with van der Waals surface area (Å²) in [6, 6.07) is 7.99. The third-order valence-corrected chi connectivity index (χ3v) is 2.99. The van der Waals surface area contributed by atoms with Gasteiger partial charge in [0.1, 0.15) is 17.1 Å². The van der Waals surface area contributed by atoms with Crippen LogP contribution in [0, 0.1) is 10.1 Å². The zero-order valence-corrected chi connectivity index (χ0v) is 12.7. The number of nitro benzene ring substituents is 1. The number of nitro groups is 1. The van der Waals surface area contributed by atoms with E-state index >= 15 is 0 Å². The van der Waals surface area contributed by atoms with Crippen LogP contribution in [-0.4, -0.2) is 24.3 Å². The van der Waals surface area contributed by atoms with Gasteiger partial charge in [0, 0.05) is 11.8 Å². The number of benzene rings is 2. The van der Waals surface area contributed by atoms with E-state index in [1.807, 2.05) is 0 Å². The van der Waals surface area contributed by atoms with Gasteiger partial charge in [0.15, 0.2) is 0 Å². The molecule has 2 rings (SSSR count). The normalized spacial score (nSPS) is 10.9. The van der Waals surface area contributed by atoms with Crippen molar-refractivity contribution in [3.05, 3.63) is 58.1 Å². The minimum Gasteiger partial charge on any atom is -0.497 e. The molecular formula is C15H11F3N2O5. The molecule has 25 heavy (non-hydrogen) atoms. The van der Waals surface area contributed by atoms with Crippen molar-refractivity contribution in [2.75, 3.05) is 12.4 Å². The Morgan fingerprint density at radius 1 is 1.12 bits per heavy atom. The van der Waals surface area contributed by atoms with Crippen LogP contribution in [0.2, 0.25) is 0 Å². The Kier molecular flexibility index (Phi) is 5.11. The maximum Gasteiger partial charge on any atom is 0.573 e. The van der Waals surface area contributed by atoms with Crippen molar-refractivity contribution >= 4 is 17.3 Å². The van der Waals surface area contributed by atoms with Crippen LogP contribution in [0.1, 0.15) is 10.4 Å². The number of alkyl halides is 3. The molecule has 0 heterocycles. The number of rotatable bonds is 5. The smallest absolute Gasteiger partial charge is 0.497 e. The fraction of sp³-hybridized carbons (Fsp3) is 0.133. The molecule has 0 atom stereocenters. The molecule has 0 aliphatic rings. The van der Waals surface area contributed by atoms with Crippen LogP contribution in [0.5, 0.6) is 11.5 Å². The Morgan fingerprint density at radius 2 is 1.72 bits per heavy atom. The summed E-state index contributed by atoms with van der Waals surface area (Å²) in [6.45, 7) is 0. The number of nitrogens with zero attached hydrogens (tertiary/aromatic N) is 1. The molecule has 0 unspecified atom stereocenters. The Bertz CT molecular complexity index is 791. The lowest BCUT2D eigenvalue weighted by atomic mass is 10.1. The highest BCUT2D eigenvalue weighted by Gasteiger charge is 2.31. The van der Waals surface area contributed by atoms with Crippen molar-refractivity contribution in [2.45, 2.75) is 6.36 Å². The molecule has 0 bridgehead atoms. The predicted octanol–water partition coefficient (Wildman–Crippen LogP) is 3.75. The van der Waals surface area contributed by atoms with E-state index in [-0.39, 0.29) is 17.0 Å². The van der Waals surface area contributed by atoms with Crippen LogP contribution in [0.25, 0.3) is 0 Å². The van der Waals surface area contributed by atoms with E-state index in [2.05, 4.69) is 10.1 Å². The maximum atomic E-state index is 12.2. The molecule has 0 aliphatic heterocycles. The summed E-state index contributed by atoms with van der Waals surface area (Å²) in [5.41, 5.74) is -0.549. The highest BCUT2D eigenvalue weighted by atomic mass is 19.4. The van der Waals surface area contributed by atoms with E-state index in [1.54, 1.807) is 0 Å². The molecule has 0 saturated carbocycles. The van der Waals surface area contributed by atoms with Crippen LogP contribution >= 0.6 is 0 Å². The van der Waals surface area contributed by atoms with E-state index in [0.29, 0.717) is 0 Å². The predicted molar refractivity (Wildman–Crippen MR) is 80.7 cm³/mol. The van der Waals surface area contributed by atoms with Gasteiger partial charge in [-0.25, -0.2) is 0 Å². The van der Waals surface area contributed by atoms with Crippen molar-refractivity contribution in [2.24, 2.45) is 0 Å². The van der Waals surface area contributed by atoms with Gasteiger partial charge < -0.3 is 14.8 Å². The van der Waals surface area contributed by atoms with Crippen LogP contribution in [-0.2, 0) is 0 Å². The number of amides is 1. The van der Waals surface area contributed by atoms with Crippen LogP contribution in [0.15, 0.2) is 42.5 Å². The fourth-order valence-corrected chi connectivity index (χ4v) is 1.92. The maximum absolute atomic E-state index is 12.2. The number of hydrogen-bond donors (Lipinski definition) is 1. The molecule has 0 aromatic heterocycles. The first-order chi connectivity index (χ1) is 11.7. The zero-order valence-electron chi connectivity index (χ0n) is 12.7. The second kappa shape index (κ2) is 7.07. The van der Waals surface area contributed by atoms with Gasteiger partial charge >= 0.3 is 6.36 Å². The van der Waals surface area contributed by atoms with Gasteiger partial charge in [-0.3, -0.25) is 14.9 Å². The van der Waals surface area contributed by atoms with Gasteiger partial charge in [0.25, 0.3) is 11.6 Å². The van der Waals surface area contributed by atoms with Crippen LogP contribution in [0.3, 0.4) is 0 Å². The topological polar surface area (TPSA) is 90.7 Å². The molecular weight excluding hydrogens is 345 g/mol. The SMILES string of the molecule is COc1ccc([N+](=O)[O-])c(C(=O)Nc2ccc(OC(F)(F)F)cc2)c1. The Morgan fingerprint density at radius 3 is 2.24 bits per heavy atom. The average Bonchev–Trinajstić information content (AvgIpc) is 2.54. The molecule has 0 radical (unpaired) electrons. The minimum atomic E-state index is -4.83. The lowest BCUT2D eigenvalue weighted by Gasteiger charge is -2.10. The third kappa shape index (κ3) is 4.83. The highest BCUT2D eigenvalue weighted by Crippen LogP contribution is 2.26. The van der Waals surface area contributed by atoms with Crippen molar-refractivity contribution in [3.63, 3.8) is 0 Å². The standard InChI is InChI=1S/C15H11F3N2O5/c1-24-11-6-7-13(20(22)23)12(8-11)14(21)19-9-2-4-10(5-3-9)25-15(16,17)18/h2-8H,1H3,(H,19,21). The molecule has 1 amide bonds. The summed E-state index contributed by atoms with van der Waals surface area (Å²) >= 11 is 0. The van der Waals surface area contributed by atoms with E-state index in [1.165, 1.54) is 31.4 Å². The Balaban J connectivity index is 2.21. The summed E-state index contributed by atoms with van der Waals surface area (Å²) in [5.74, 6) is -1.03. The largest absolute Gasteiger partial charge is 0.573 e. The van der Waals surface area contributed by atoms with Crippen LogP contribution in [0.4, 0.5) is 24.5 Å². The third-order valence-electron chi connectivity index (χ3n) is 2.99. The number of methoxy groups -OCH3 is 1. The quantitative estimate of drug-likeness (QED) is 0.651. The second-order valence-corrected chi connectivity index (χ2v) is 4.67. The van der Waals surface area contributed by atoms with Gasteiger partial charge in [0.05, 0.1) is 12.0 Å². The Hall–Kier alpha value is -3.30. The second-order valence-electron chi connectivity index (χ2n) is 4.67. The van der Waals surface area contributed by atoms with Crippen molar-refractivity contribution < 1.29 is 32.4 Å². The number of carbonyl (C=O) groups excluding carboxylic acids is 1. The zero-order chi connectivity index (χ0) is 18.6. The number of carbonyl (C=O) groups is 1. The number of hydrogen-bond acceptors (Lipinski definition) is 5. The molecule has 132 valence electrons. The summed E-state index contributed by atoms with van der Waals surface area (Å²) < 4.78 is 44.9. The summed E-state index contributed by atoms with van der Waals surface area (Å²) in [6.07, 6.45) is -4.83. The van der Waals surface area contributed by atoms with Gasteiger partial charge in [0.2, 0.25) is 0 Å². The molecule has 0 saturated heterocycles. The van der Waals surface area contributed by atoms with E-state index in [0.717, 1.165) is 18.2 Å². The summed E-state index contributed by atoms with van der Waals surface area (Å²) in [4.78, 5) is 22.5. The first-order valence-corrected chi connectivity index (χ1v) is 6.69. The van der Waals surface area contributed by atoms with Crippen LogP contribution < -0.4 is 14.8 Å².